The van der Waals surface area contributed by atoms with E-state index in [1.54, 1.807) is 0 Å². The fraction of sp³-hybridized carbons (Fsp3) is 0.400. The molecule has 0 saturated carbocycles. The summed E-state index contributed by atoms with van der Waals surface area (Å²) in [6, 6.07) is 0. The Hall–Kier alpha value is -1.62. The van der Waals surface area contributed by atoms with Crippen molar-refractivity contribution in [3.8, 4) is 0 Å². The zero-order valence-electron chi connectivity index (χ0n) is 8.76. The zero-order valence-corrected chi connectivity index (χ0v) is 8.76. The van der Waals surface area contributed by atoms with Gasteiger partial charge in [0.15, 0.2) is 0 Å². The average Bonchev–Trinajstić information content (AvgIpc) is 2.26. The van der Waals surface area contributed by atoms with Gasteiger partial charge in [0.2, 0.25) is 0 Å². The lowest BCUT2D eigenvalue weighted by molar-refractivity contribution is -0.135. The van der Waals surface area contributed by atoms with Crippen LogP contribution in [0.5, 0.6) is 0 Å². The normalized spacial score (nSPS) is 10.8. The molecule has 0 N–H and O–H groups in total. The Labute approximate surface area is 88.3 Å². The van der Waals surface area contributed by atoms with Crippen molar-refractivity contribution in [1.82, 2.24) is 0 Å². The van der Waals surface area contributed by atoms with Crippen molar-refractivity contribution in [1.29, 1.82) is 0 Å². The number of ether oxygens (including phenoxy) is 3. The summed E-state index contributed by atoms with van der Waals surface area (Å²) >= 11 is 0. The second-order valence-corrected chi connectivity index (χ2v) is 2.39. The summed E-state index contributed by atoms with van der Waals surface area (Å²) in [7, 11) is 2.60. The maximum atomic E-state index is 10.6. The Kier molecular flexibility index (Phi) is 7.99. The minimum Gasteiger partial charge on any atom is -0.466 e. The molecule has 0 aromatic rings. The molecule has 0 bridgehead atoms. The van der Waals surface area contributed by atoms with Gasteiger partial charge in [0.25, 0.3) is 0 Å². The first-order valence-corrected chi connectivity index (χ1v) is 4.27. The number of hydrogen-bond acceptors (Lipinski definition) is 5. The number of carbonyl (C=O) groups excluding carboxylic acids is 2. The first-order valence-electron chi connectivity index (χ1n) is 4.27. The highest BCUT2D eigenvalue weighted by Gasteiger charge is 1.90. The Morgan fingerprint density at radius 3 is 1.67 bits per heavy atom. The minimum atomic E-state index is -0.427. The van der Waals surface area contributed by atoms with Crippen LogP contribution < -0.4 is 0 Å². The van der Waals surface area contributed by atoms with Crippen LogP contribution in [0, 0.1) is 0 Å². The van der Waals surface area contributed by atoms with Crippen LogP contribution in [0.15, 0.2) is 24.3 Å². The van der Waals surface area contributed by atoms with Gasteiger partial charge in [-0.2, -0.15) is 0 Å². The minimum absolute atomic E-state index is 0.278. The Morgan fingerprint density at radius 2 is 1.33 bits per heavy atom. The van der Waals surface area contributed by atoms with Gasteiger partial charge in [-0.15, -0.1) is 0 Å². The van der Waals surface area contributed by atoms with Crippen LogP contribution in [0.25, 0.3) is 0 Å². The third-order valence-electron chi connectivity index (χ3n) is 1.34. The molecule has 0 aliphatic rings. The molecule has 84 valence electrons. The van der Waals surface area contributed by atoms with E-state index in [-0.39, 0.29) is 13.2 Å². The molecule has 0 amide bonds. The first kappa shape index (κ1) is 13.4. The molecule has 0 heterocycles. The van der Waals surface area contributed by atoms with Gasteiger partial charge in [-0.3, -0.25) is 0 Å². The number of carbonyl (C=O) groups is 2. The quantitative estimate of drug-likeness (QED) is 0.365. The van der Waals surface area contributed by atoms with Crippen molar-refractivity contribution in [2.24, 2.45) is 0 Å². The average molecular weight is 214 g/mol. The lowest BCUT2D eigenvalue weighted by Crippen LogP contribution is -1.98. The van der Waals surface area contributed by atoms with Crippen molar-refractivity contribution < 1.29 is 23.8 Å². The van der Waals surface area contributed by atoms with Crippen molar-refractivity contribution >= 4 is 11.9 Å². The summed E-state index contributed by atoms with van der Waals surface area (Å²) in [5.74, 6) is -0.854. The van der Waals surface area contributed by atoms with Crippen molar-refractivity contribution in [3.05, 3.63) is 24.3 Å². The molecular formula is C10H14O5. The molecule has 0 aromatic heterocycles. The molecule has 0 aliphatic heterocycles. The third-order valence-corrected chi connectivity index (χ3v) is 1.34. The van der Waals surface area contributed by atoms with Crippen molar-refractivity contribution in [2.45, 2.75) is 0 Å². The molecule has 15 heavy (non-hydrogen) atoms. The smallest absolute Gasteiger partial charge is 0.330 e. The van der Waals surface area contributed by atoms with Crippen molar-refractivity contribution in [3.63, 3.8) is 0 Å². The SMILES string of the molecule is COC(=O)C=CCOCC=CC(=O)OC. The van der Waals surface area contributed by atoms with Gasteiger partial charge in [0.1, 0.15) is 0 Å². The molecule has 5 nitrogen and oxygen atoms in total. The van der Waals surface area contributed by atoms with E-state index >= 15 is 0 Å². The topological polar surface area (TPSA) is 61.8 Å². The Morgan fingerprint density at radius 1 is 0.933 bits per heavy atom. The maximum absolute atomic E-state index is 10.6. The molecule has 0 spiro atoms. The molecule has 0 saturated heterocycles. The molecule has 0 rings (SSSR count). The lowest BCUT2D eigenvalue weighted by atomic mass is 10.5. The molecule has 0 unspecified atom stereocenters. The van der Waals surface area contributed by atoms with Gasteiger partial charge in [-0.25, -0.2) is 9.59 Å². The van der Waals surface area contributed by atoms with E-state index in [1.165, 1.54) is 38.5 Å². The number of methoxy groups -OCH3 is 2. The van der Waals surface area contributed by atoms with Gasteiger partial charge in [0, 0.05) is 12.2 Å². The van der Waals surface area contributed by atoms with Crippen LogP contribution >= 0.6 is 0 Å². The summed E-state index contributed by atoms with van der Waals surface area (Å²) in [6.45, 7) is 0.557. The van der Waals surface area contributed by atoms with E-state index in [1.807, 2.05) is 0 Å². The molecule has 5 heteroatoms. The Balaban J connectivity index is 3.47. The highest BCUT2D eigenvalue weighted by molar-refractivity contribution is 5.82. The molecule has 0 fully saturated rings. The highest BCUT2D eigenvalue weighted by atomic mass is 16.5. The van der Waals surface area contributed by atoms with Gasteiger partial charge < -0.3 is 14.2 Å². The van der Waals surface area contributed by atoms with Crippen LogP contribution in [0.1, 0.15) is 0 Å². The van der Waals surface area contributed by atoms with Gasteiger partial charge in [-0.1, -0.05) is 12.2 Å². The summed E-state index contributed by atoms with van der Waals surface area (Å²) in [5.41, 5.74) is 0. The Bertz CT molecular complexity index is 229. The van der Waals surface area contributed by atoms with Crippen molar-refractivity contribution in [2.75, 3.05) is 27.4 Å². The second-order valence-electron chi connectivity index (χ2n) is 2.39. The molecule has 0 radical (unpaired) electrons. The molecule has 0 atom stereocenters. The van der Waals surface area contributed by atoms with E-state index in [0.717, 1.165) is 0 Å². The van der Waals surface area contributed by atoms with E-state index in [2.05, 4.69) is 9.47 Å². The highest BCUT2D eigenvalue weighted by Crippen LogP contribution is 1.83. The zero-order chi connectivity index (χ0) is 11.5. The van der Waals surface area contributed by atoms with E-state index in [4.69, 9.17) is 4.74 Å². The van der Waals surface area contributed by atoms with E-state index in [0.29, 0.717) is 0 Å². The summed E-state index contributed by atoms with van der Waals surface area (Å²) in [5, 5.41) is 0. The fourth-order valence-corrected chi connectivity index (χ4v) is 0.629. The van der Waals surface area contributed by atoms with Gasteiger partial charge >= 0.3 is 11.9 Å². The number of rotatable bonds is 6. The van der Waals surface area contributed by atoms with E-state index in [9.17, 15) is 9.59 Å². The summed E-state index contributed by atoms with van der Waals surface area (Å²) in [4.78, 5) is 21.2. The van der Waals surface area contributed by atoms with Gasteiger partial charge in [0.05, 0.1) is 27.4 Å². The fourth-order valence-electron chi connectivity index (χ4n) is 0.629. The number of esters is 2. The monoisotopic (exact) mass is 214 g/mol. The van der Waals surface area contributed by atoms with Crippen LogP contribution in [0.4, 0.5) is 0 Å². The standard InChI is InChI=1S/C10H14O5/c1-13-9(11)5-3-7-15-8-4-6-10(12)14-2/h3-6H,7-8H2,1-2H3. The second kappa shape index (κ2) is 8.96. The molecular weight excluding hydrogens is 200 g/mol. The van der Waals surface area contributed by atoms with Crippen LogP contribution in [0.2, 0.25) is 0 Å². The number of hydrogen-bond donors (Lipinski definition) is 0. The third kappa shape index (κ3) is 8.70. The van der Waals surface area contributed by atoms with Crippen LogP contribution in [-0.2, 0) is 23.8 Å². The van der Waals surface area contributed by atoms with Crippen LogP contribution in [-0.4, -0.2) is 39.4 Å². The predicted molar refractivity (Wildman–Crippen MR) is 53.1 cm³/mol. The molecule has 0 aromatic carbocycles. The first-order chi connectivity index (χ1) is 7.20. The molecule has 0 aliphatic carbocycles. The van der Waals surface area contributed by atoms with Crippen LogP contribution in [0.3, 0.4) is 0 Å². The summed E-state index contributed by atoms with van der Waals surface area (Å²) < 4.78 is 13.8. The summed E-state index contributed by atoms with van der Waals surface area (Å²) in [6.07, 6.45) is 5.59. The van der Waals surface area contributed by atoms with E-state index < -0.39 is 11.9 Å². The lowest BCUT2D eigenvalue weighted by Gasteiger charge is -1.94. The largest absolute Gasteiger partial charge is 0.466 e. The van der Waals surface area contributed by atoms with Gasteiger partial charge in [-0.05, 0) is 0 Å². The predicted octanol–water partition coefficient (Wildman–Crippen LogP) is 0.461. The maximum Gasteiger partial charge on any atom is 0.330 e.